The van der Waals surface area contributed by atoms with E-state index in [9.17, 15) is 0 Å². The summed E-state index contributed by atoms with van der Waals surface area (Å²) >= 11 is 0. The number of aliphatic hydroxyl groups excluding tert-OH is 1. The van der Waals surface area contributed by atoms with E-state index >= 15 is 0 Å². The van der Waals surface area contributed by atoms with Crippen molar-refractivity contribution in [2.24, 2.45) is 0 Å². The molecule has 80 valence electrons. The molecule has 0 aliphatic carbocycles. The second kappa shape index (κ2) is 5.99. The molecule has 0 aliphatic heterocycles. The summed E-state index contributed by atoms with van der Waals surface area (Å²) in [5.74, 6) is 0.796. The van der Waals surface area contributed by atoms with Crippen molar-refractivity contribution >= 4 is 5.82 Å². The summed E-state index contributed by atoms with van der Waals surface area (Å²) in [6, 6.07) is 5.54. The van der Waals surface area contributed by atoms with Gasteiger partial charge in [-0.15, -0.1) is 0 Å². The van der Waals surface area contributed by atoms with Crippen LogP contribution in [0.2, 0.25) is 0 Å². The van der Waals surface area contributed by atoms with Crippen molar-refractivity contribution < 1.29 is 5.11 Å². The lowest BCUT2D eigenvalue weighted by Crippen LogP contribution is -2.25. The van der Waals surface area contributed by atoms with Crippen molar-refractivity contribution in [3.63, 3.8) is 0 Å². The third-order valence-corrected chi connectivity index (χ3v) is 2.17. The van der Waals surface area contributed by atoms with Gasteiger partial charge in [0.05, 0.1) is 11.6 Å². The molecule has 1 rings (SSSR count). The number of hydrogen-bond donors (Lipinski definition) is 1. The first kappa shape index (κ1) is 11.5. The third kappa shape index (κ3) is 3.22. The minimum Gasteiger partial charge on any atom is -0.396 e. The van der Waals surface area contributed by atoms with Gasteiger partial charge in [0, 0.05) is 25.9 Å². The number of hydrogen-bond acceptors (Lipinski definition) is 4. The molecule has 0 aromatic carbocycles. The maximum absolute atomic E-state index is 8.76. The standard InChI is InChI=1S/C11H15N3O/c1-2-14(6-3-7-15)11-8-10(9-12)4-5-13-11/h4-5,8,15H,2-3,6-7H2,1H3. The highest BCUT2D eigenvalue weighted by molar-refractivity contribution is 5.44. The monoisotopic (exact) mass is 205 g/mol. The lowest BCUT2D eigenvalue weighted by molar-refractivity contribution is 0.289. The first-order valence-corrected chi connectivity index (χ1v) is 5.03. The van der Waals surface area contributed by atoms with E-state index in [4.69, 9.17) is 10.4 Å². The van der Waals surface area contributed by atoms with Crippen LogP contribution < -0.4 is 4.90 Å². The Balaban J connectivity index is 2.78. The number of anilines is 1. The Labute approximate surface area is 89.8 Å². The van der Waals surface area contributed by atoms with Crippen LogP contribution in [0.1, 0.15) is 18.9 Å². The second-order valence-electron chi connectivity index (χ2n) is 3.17. The SMILES string of the molecule is CCN(CCCO)c1cc(C#N)ccn1. The molecule has 0 spiro atoms. The third-order valence-electron chi connectivity index (χ3n) is 2.17. The van der Waals surface area contributed by atoms with Crippen LogP contribution in [0.15, 0.2) is 18.3 Å². The van der Waals surface area contributed by atoms with E-state index in [1.807, 2.05) is 11.8 Å². The summed E-state index contributed by atoms with van der Waals surface area (Å²) in [6.45, 7) is 3.78. The molecule has 15 heavy (non-hydrogen) atoms. The number of aromatic nitrogens is 1. The van der Waals surface area contributed by atoms with Crippen molar-refractivity contribution in [3.8, 4) is 6.07 Å². The molecular formula is C11H15N3O. The molecule has 1 aromatic rings. The highest BCUT2D eigenvalue weighted by Gasteiger charge is 2.05. The van der Waals surface area contributed by atoms with Crippen LogP contribution in [0.25, 0.3) is 0 Å². The van der Waals surface area contributed by atoms with E-state index in [2.05, 4.69) is 11.1 Å². The molecule has 0 radical (unpaired) electrons. The van der Waals surface area contributed by atoms with Gasteiger partial charge in [-0.05, 0) is 25.5 Å². The summed E-state index contributed by atoms with van der Waals surface area (Å²) in [7, 11) is 0. The van der Waals surface area contributed by atoms with Crippen LogP contribution in [-0.4, -0.2) is 29.8 Å². The largest absolute Gasteiger partial charge is 0.396 e. The minimum absolute atomic E-state index is 0.175. The topological polar surface area (TPSA) is 60.1 Å². The van der Waals surface area contributed by atoms with Gasteiger partial charge in [0.25, 0.3) is 0 Å². The Morgan fingerprint density at radius 1 is 1.60 bits per heavy atom. The quantitative estimate of drug-likeness (QED) is 0.783. The highest BCUT2D eigenvalue weighted by atomic mass is 16.3. The molecule has 1 heterocycles. The van der Waals surface area contributed by atoms with Crippen LogP contribution in [-0.2, 0) is 0 Å². The molecule has 0 saturated heterocycles. The summed E-state index contributed by atoms with van der Waals surface area (Å²) in [5.41, 5.74) is 0.613. The zero-order valence-corrected chi connectivity index (χ0v) is 8.85. The van der Waals surface area contributed by atoms with E-state index in [-0.39, 0.29) is 6.61 Å². The Morgan fingerprint density at radius 2 is 2.40 bits per heavy atom. The average Bonchev–Trinajstić information content (AvgIpc) is 2.30. The van der Waals surface area contributed by atoms with Crippen molar-refractivity contribution in [2.45, 2.75) is 13.3 Å². The van der Waals surface area contributed by atoms with Gasteiger partial charge in [0.1, 0.15) is 5.82 Å². The zero-order chi connectivity index (χ0) is 11.1. The molecule has 4 heteroatoms. The zero-order valence-electron chi connectivity index (χ0n) is 8.85. The van der Waals surface area contributed by atoms with Gasteiger partial charge >= 0.3 is 0 Å². The normalized spacial score (nSPS) is 9.67. The lowest BCUT2D eigenvalue weighted by atomic mass is 10.2. The fourth-order valence-corrected chi connectivity index (χ4v) is 1.36. The van der Waals surface area contributed by atoms with Crippen LogP contribution in [0.4, 0.5) is 5.82 Å². The Hall–Kier alpha value is -1.60. The summed E-state index contributed by atoms with van der Waals surface area (Å²) in [5, 5.41) is 17.5. The first-order chi connectivity index (χ1) is 7.31. The molecule has 0 fully saturated rings. The first-order valence-electron chi connectivity index (χ1n) is 5.03. The second-order valence-corrected chi connectivity index (χ2v) is 3.17. The van der Waals surface area contributed by atoms with Gasteiger partial charge in [-0.2, -0.15) is 5.26 Å². The number of rotatable bonds is 5. The highest BCUT2D eigenvalue weighted by Crippen LogP contribution is 2.12. The number of nitrogens with zero attached hydrogens (tertiary/aromatic N) is 3. The summed E-state index contributed by atoms with van der Waals surface area (Å²) in [6.07, 6.45) is 2.35. The predicted octanol–water partition coefficient (Wildman–Crippen LogP) is 1.16. The molecule has 4 nitrogen and oxygen atoms in total. The molecular weight excluding hydrogens is 190 g/mol. The van der Waals surface area contributed by atoms with Gasteiger partial charge < -0.3 is 10.0 Å². The van der Waals surface area contributed by atoms with Crippen LogP contribution in [0.3, 0.4) is 0 Å². The Kier molecular flexibility index (Phi) is 4.58. The molecule has 0 amide bonds. The molecule has 0 bridgehead atoms. The van der Waals surface area contributed by atoms with Gasteiger partial charge in [-0.1, -0.05) is 0 Å². The van der Waals surface area contributed by atoms with E-state index in [1.54, 1.807) is 18.3 Å². The van der Waals surface area contributed by atoms with E-state index in [1.165, 1.54) is 0 Å². The molecule has 1 aromatic heterocycles. The van der Waals surface area contributed by atoms with Crippen LogP contribution >= 0.6 is 0 Å². The smallest absolute Gasteiger partial charge is 0.129 e. The summed E-state index contributed by atoms with van der Waals surface area (Å²) < 4.78 is 0. The van der Waals surface area contributed by atoms with E-state index in [0.29, 0.717) is 12.0 Å². The van der Waals surface area contributed by atoms with Gasteiger partial charge in [-0.25, -0.2) is 4.98 Å². The molecule has 0 unspecified atom stereocenters. The fourth-order valence-electron chi connectivity index (χ4n) is 1.36. The lowest BCUT2D eigenvalue weighted by Gasteiger charge is -2.21. The molecule has 0 atom stereocenters. The summed E-state index contributed by atoms with van der Waals surface area (Å²) in [4.78, 5) is 6.24. The van der Waals surface area contributed by atoms with Crippen molar-refractivity contribution in [3.05, 3.63) is 23.9 Å². The van der Waals surface area contributed by atoms with Crippen molar-refractivity contribution in [2.75, 3.05) is 24.6 Å². The van der Waals surface area contributed by atoms with Crippen LogP contribution in [0.5, 0.6) is 0 Å². The molecule has 0 aliphatic rings. The number of pyridine rings is 1. The Morgan fingerprint density at radius 3 is 3.00 bits per heavy atom. The van der Waals surface area contributed by atoms with Gasteiger partial charge in [0.2, 0.25) is 0 Å². The van der Waals surface area contributed by atoms with E-state index in [0.717, 1.165) is 18.9 Å². The number of nitriles is 1. The predicted molar refractivity (Wildman–Crippen MR) is 58.5 cm³/mol. The fraction of sp³-hybridized carbons (Fsp3) is 0.455. The average molecular weight is 205 g/mol. The minimum atomic E-state index is 0.175. The maximum atomic E-state index is 8.76. The van der Waals surface area contributed by atoms with E-state index < -0.39 is 0 Å². The number of aliphatic hydroxyl groups is 1. The molecule has 1 N–H and O–H groups in total. The van der Waals surface area contributed by atoms with Gasteiger partial charge in [0.15, 0.2) is 0 Å². The van der Waals surface area contributed by atoms with Crippen molar-refractivity contribution in [1.82, 2.24) is 4.98 Å². The molecule has 0 saturated carbocycles. The van der Waals surface area contributed by atoms with Crippen molar-refractivity contribution in [1.29, 1.82) is 5.26 Å². The maximum Gasteiger partial charge on any atom is 0.129 e. The van der Waals surface area contributed by atoms with Gasteiger partial charge in [-0.3, -0.25) is 0 Å². The van der Waals surface area contributed by atoms with Crippen LogP contribution in [0, 0.1) is 11.3 Å². The Bertz CT molecular complexity index is 346.